The number of aliphatic hydroxyl groups is 1. The van der Waals surface area contributed by atoms with Gasteiger partial charge in [-0.25, -0.2) is 4.99 Å². The molecule has 1 N–H and O–H groups in total. The first kappa shape index (κ1) is 20.8. The maximum Gasteiger partial charge on any atom is 0.266 e. The van der Waals surface area contributed by atoms with E-state index in [1.165, 1.54) is 31.0 Å². The number of β-amino-alcohol motifs (C(OH)–C–C–N with tert-alkyl or cyclic N) is 1. The van der Waals surface area contributed by atoms with Crippen LogP contribution in [-0.2, 0) is 4.79 Å². The third-order valence-corrected chi connectivity index (χ3v) is 6.28. The Labute approximate surface area is 182 Å². The molecule has 30 heavy (non-hydrogen) atoms. The molecule has 2 aromatic carbocycles. The highest BCUT2D eigenvalue weighted by molar-refractivity contribution is 8.18. The van der Waals surface area contributed by atoms with Gasteiger partial charge in [-0.3, -0.25) is 9.69 Å². The van der Waals surface area contributed by atoms with Crippen LogP contribution in [0.15, 0.2) is 70.6 Å². The topological polar surface area (TPSA) is 56.1 Å². The van der Waals surface area contributed by atoms with Crippen molar-refractivity contribution in [2.45, 2.75) is 25.4 Å². The molecular formula is C24H27N3O2S. The number of rotatable bonds is 6. The quantitative estimate of drug-likeness (QED) is 0.713. The Morgan fingerprint density at radius 3 is 2.33 bits per heavy atom. The minimum absolute atomic E-state index is 0.101. The molecule has 2 aliphatic rings. The maximum absolute atomic E-state index is 13.2. The fraction of sp³-hybridized carbons (Fsp3) is 0.333. The highest BCUT2D eigenvalue weighted by atomic mass is 32.2. The number of aliphatic hydroxyl groups excluding tert-OH is 1. The summed E-state index contributed by atoms with van der Waals surface area (Å²) in [7, 11) is 0. The average molecular weight is 422 g/mol. The molecule has 1 atom stereocenters. The molecule has 1 unspecified atom stereocenters. The Balaban J connectivity index is 1.55. The number of likely N-dealkylation sites (tertiary alicyclic amines) is 1. The van der Waals surface area contributed by atoms with Crippen LogP contribution >= 0.6 is 11.8 Å². The van der Waals surface area contributed by atoms with Crippen LogP contribution in [0.5, 0.6) is 0 Å². The molecule has 2 saturated heterocycles. The van der Waals surface area contributed by atoms with E-state index in [0.29, 0.717) is 16.6 Å². The summed E-state index contributed by atoms with van der Waals surface area (Å²) in [5, 5.41) is 11.3. The van der Waals surface area contributed by atoms with Gasteiger partial charge in [0.25, 0.3) is 5.91 Å². The fourth-order valence-corrected chi connectivity index (χ4v) is 4.78. The van der Waals surface area contributed by atoms with Gasteiger partial charge in [0, 0.05) is 6.54 Å². The zero-order valence-corrected chi connectivity index (χ0v) is 17.8. The van der Waals surface area contributed by atoms with Crippen molar-refractivity contribution >= 4 is 34.6 Å². The van der Waals surface area contributed by atoms with Crippen molar-refractivity contribution in [1.82, 2.24) is 9.80 Å². The van der Waals surface area contributed by atoms with Crippen LogP contribution in [-0.4, -0.2) is 58.3 Å². The Hall–Kier alpha value is -2.41. The third-order valence-electron chi connectivity index (χ3n) is 5.28. The number of nitrogens with zero attached hydrogens (tertiary/aromatic N) is 3. The molecule has 156 valence electrons. The normalized spacial score (nSPS) is 21.5. The molecule has 6 heteroatoms. The van der Waals surface area contributed by atoms with Gasteiger partial charge in [0.15, 0.2) is 5.17 Å². The smallest absolute Gasteiger partial charge is 0.266 e. The minimum atomic E-state index is -0.607. The number of carbonyl (C=O) groups is 1. The Morgan fingerprint density at radius 2 is 1.63 bits per heavy atom. The van der Waals surface area contributed by atoms with Crippen LogP contribution in [0.4, 0.5) is 5.69 Å². The highest BCUT2D eigenvalue weighted by Gasteiger charge is 2.35. The molecule has 0 saturated carbocycles. The number of para-hydroxylation sites is 1. The SMILES string of the molecule is O=C1/C(=C\c2ccccc2)SC(=Nc2ccccc2)N1CC(O)CN1CCCCC1. The summed E-state index contributed by atoms with van der Waals surface area (Å²) in [6.45, 7) is 2.87. The third kappa shape index (κ3) is 5.39. The Kier molecular flexibility index (Phi) is 7.00. The van der Waals surface area contributed by atoms with Gasteiger partial charge < -0.3 is 10.0 Å². The van der Waals surface area contributed by atoms with Crippen molar-refractivity contribution in [1.29, 1.82) is 0 Å². The van der Waals surface area contributed by atoms with E-state index < -0.39 is 6.10 Å². The van der Waals surface area contributed by atoms with Crippen molar-refractivity contribution in [3.63, 3.8) is 0 Å². The van der Waals surface area contributed by atoms with Crippen molar-refractivity contribution in [3.8, 4) is 0 Å². The lowest BCUT2D eigenvalue weighted by molar-refractivity contribution is -0.123. The summed E-state index contributed by atoms with van der Waals surface area (Å²) in [5.41, 5.74) is 1.77. The molecule has 2 heterocycles. The van der Waals surface area contributed by atoms with Crippen molar-refractivity contribution in [2.75, 3.05) is 26.2 Å². The number of aliphatic imine (C=N–C) groups is 1. The van der Waals surface area contributed by atoms with Crippen LogP contribution in [0.2, 0.25) is 0 Å². The maximum atomic E-state index is 13.2. The van der Waals surface area contributed by atoms with Crippen LogP contribution in [0, 0.1) is 0 Å². The van der Waals surface area contributed by atoms with Crippen LogP contribution < -0.4 is 0 Å². The van der Waals surface area contributed by atoms with E-state index in [1.807, 2.05) is 66.7 Å². The Morgan fingerprint density at radius 1 is 0.967 bits per heavy atom. The zero-order chi connectivity index (χ0) is 20.8. The lowest BCUT2D eigenvalue weighted by Crippen LogP contribution is -2.43. The molecule has 0 spiro atoms. The van der Waals surface area contributed by atoms with Gasteiger partial charge in [-0.05, 0) is 61.5 Å². The molecular weight excluding hydrogens is 394 g/mol. The fourth-order valence-electron chi connectivity index (χ4n) is 3.77. The number of amidine groups is 1. The van der Waals surface area contributed by atoms with E-state index >= 15 is 0 Å². The van der Waals surface area contributed by atoms with Gasteiger partial charge in [0.2, 0.25) is 0 Å². The van der Waals surface area contributed by atoms with Gasteiger partial charge >= 0.3 is 0 Å². The highest BCUT2D eigenvalue weighted by Crippen LogP contribution is 2.34. The van der Waals surface area contributed by atoms with E-state index in [0.717, 1.165) is 24.3 Å². The standard InChI is InChI=1S/C24H27N3O2S/c28-21(17-26-14-8-3-9-15-26)18-27-23(29)22(16-19-10-4-1-5-11-19)30-24(27)25-20-12-6-2-7-13-20/h1-2,4-7,10-13,16,21,28H,3,8-9,14-15,17-18H2/b22-16+,25-24?. The zero-order valence-electron chi connectivity index (χ0n) is 17.0. The summed E-state index contributed by atoms with van der Waals surface area (Å²) in [5.74, 6) is -0.101. The molecule has 5 nitrogen and oxygen atoms in total. The molecule has 4 rings (SSSR count). The summed E-state index contributed by atoms with van der Waals surface area (Å²) in [4.78, 5) is 22.4. The molecule has 1 amide bonds. The molecule has 0 bridgehead atoms. The Bertz CT molecular complexity index is 909. The molecule has 2 fully saturated rings. The molecule has 0 aromatic heterocycles. The first-order valence-electron chi connectivity index (χ1n) is 10.5. The van der Waals surface area contributed by atoms with Crippen molar-refractivity contribution in [2.24, 2.45) is 4.99 Å². The summed E-state index contributed by atoms with van der Waals surface area (Å²) in [6, 6.07) is 19.4. The molecule has 0 radical (unpaired) electrons. The van der Waals surface area contributed by atoms with E-state index in [4.69, 9.17) is 4.99 Å². The number of hydrogen-bond acceptors (Lipinski definition) is 5. The van der Waals surface area contributed by atoms with Gasteiger partial charge in [0.1, 0.15) is 0 Å². The predicted molar refractivity (Wildman–Crippen MR) is 124 cm³/mol. The van der Waals surface area contributed by atoms with Gasteiger partial charge in [-0.1, -0.05) is 55.0 Å². The predicted octanol–water partition coefficient (Wildman–Crippen LogP) is 4.14. The second kappa shape index (κ2) is 10.1. The molecule has 0 aliphatic carbocycles. The second-order valence-corrected chi connectivity index (χ2v) is 8.69. The average Bonchev–Trinajstić information content (AvgIpc) is 3.04. The number of carbonyl (C=O) groups excluding carboxylic acids is 1. The number of thioether (sulfide) groups is 1. The number of benzene rings is 2. The molecule has 2 aromatic rings. The minimum Gasteiger partial charge on any atom is -0.390 e. The van der Waals surface area contributed by atoms with Gasteiger partial charge in [0.05, 0.1) is 23.2 Å². The summed E-state index contributed by atoms with van der Waals surface area (Å²) < 4.78 is 0. The lowest BCUT2D eigenvalue weighted by Gasteiger charge is -2.29. The number of hydrogen-bond donors (Lipinski definition) is 1. The van der Waals surface area contributed by atoms with E-state index in [9.17, 15) is 9.90 Å². The lowest BCUT2D eigenvalue weighted by atomic mass is 10.1. The van der Waals surface area contributed by atoms with Crippen LogP contribution in [0.25, 0.3) is 6.08 Å². The monoisotopic (exact) mass is 421 g/mol. The first-order valence-corrected chi connectivity index (χ1v) is 11.3. The van der Waals surface area contributed by atoms with Crippen LogP contribution in [0.3, 0.4) is 0 Å². The largest absolute Gasteiger partial charge is 0.390 e. The number of amides is 1. The van der Waals surface area contributed by atoms with Gasteiger partial charge in [-0.2, -0.15) is 0 Å². The van der Waals surface area contributed by atoms with Gasteiger partial charge in [-0.15, -0.1) is 0 Å². The second-order valence-electron chi connectivity index (χ2n) is 7.68. The summed E-state index contributed by atoms with van der Waals surface area (Å²) in [6.07, 6.45) is 4.90. The summed E-state index contributed by atoms with van der Waals surface area (Å²) >= 11 is 1.37. The number of piperidine rings is 1. The van der Waals surface area contributed by atoms with E-state index in [1.54, 1.807) is 4.90 Å². The van der Waals surface area contributed by atoms with E-state index in [2.05, 4.69) is 4.90 Å². The molecule has 2 aliphatic heterocycles. The first-order chi connectivity index (χ1) is 14.7. The van der Waals surface area contributed by atoms with Crippen LogP contribution in [0.1, 0.15) is 24.8 Å². The van der Waals surface area contributed by atoms with Crippen molar-refractivity contribution < 1.29 is 9.90 Å². The van der Waals surface area contributed by atoms with E-state index in [-0.39, 0.29) is 12.5 Å². The van der Waals surface area contributed by atoms with Crippen molar-refractivity contribution in [3.05, 3.63) is 71.1 Å².